The van der Waals surface area contributed by atoms with E-state index >= 15 is 0 Å². The van der Waals surface area contributed by atoms with E-state index in [1.165, 1.54) is 0 Å². The molecule has 80 valence electrons. The van der Waals surface area contributed by atoms with E-state index in [1.807, 2.05) is 0 Å². The van der Waals surface area contributed by atoms with Gasteiger partial charge >= 0.3 is 19.5 Å². The van der Waals surface area contributed by atoms with Crippen LogP contribution in [0.2, 0.25) is 0 Å². The molecule has 0 atom stereocenters. The Morgan fingerprint density at radius 1 is 1.21 bits per heavy atom. The van der Waals surface area contributed by atoms with Gasteiger partial charge in [0.25, 0.3) is 0 Å². The second-order valence-electron chi connectivity index (χ2n) is 2.75. The minimum absolute atomic E-state index is 0. The first-order valence-corrected chi connectivity index (χ1v) is 3.77. The molecule has 0 unspecified atom stereocenters. The quantitative estimate of drug-likeness (QED) is 0.291. The molecule has 0 heterocycles. The van der Waals surface area contributed by atoms with Crippen LogP contribution in [0, 0.1) is 19.3 Å². The fourth-order valence-corrected chi connectivity index (χ4v) is 1.06. The van der Waals surface area contributed by atoms with Gasteiger partial charge in [0.15, 0.2) is 5.78 Å². The van der Waals surface area contributed by atoms with Gasteiger partial charge in [-0.15, -0.1) is 0 Å². The number of rotatable bonds is 5. The summed E-state index contributed by atoms with van der Waals surface area (Å²) in [5.74, 6) is -3.63. The molecule has 0 aliphatic rings. The number of carboxylic acid groups (broad SMARTS) is 1. The van der Waals surface area contributed by atoms with Gasteiger partial charge in [0.05, 0.1) is 0 Å². The van der Waals surface area contributed by atoms with Crippen LogP contribution in [0.4, 0.5) is 0 Å². The molecule has 4 nitrogen and oxygen atoms in total. The van der Waals surface area contributed by atoms with Gasteiger partial charge in [-0.3, -0.25) is 9.59 Å². The molecule has 0 aliphatic carbocycles. The second kappa shape index (κ2) is 6.02. The molecule has 14 heavy (non-hydrogen) atoms. The van der Waals surface area contributed by atoms with E-state index in [0.29, 0.717) is 0 Å². The van der Waals surface area contributed by atoms with Crippen LogP contribution in [-0.4, -0.2) is 17.5 Å². The Morgan fingerprint density at radius 2 is 1.57 bits per heavy atom. The van der Waals surface area contributed by atoms with Crippen molar-refractivity contribution >= 4 is 17.5 Å². The van der Waals surface area contributed by atoms with E-state index in [4.69, 9.17) is 0 Å². The van der Waals surface area contributed by atoms with Crippen molar-refractivity contribution in [3.63, 3.8) is 0 Å². The van der Waals surface area contributed by atoms with Crippen molar-refractivity contribution in [2.75, 3.05) is 0 Å². The summed E-state index contributed by atoms with van der Waals surface area (Å²) in [6.45, 7) is 7.91. The number of carbonyl (C=O) groups excluding carboxylic acids is 3. The van der Waals surface area contributed by atoms with Crippen LogP contribution in [0.15, 0.2) is 0 Å². The maximum absolute atomic E-state index is 11.1. The number of Topliss-reactive ketones (excluding diaryl/α,β-unsaturated/α-hetero) is 2. The van der Waals surface area contributed by atoms with Gasteiger partial charge in [-0.05, 0) is 6.92 Å². The third-order valence-electron chi connectivity index (χ3n) is 2.15. The number of hydrogen-bond donors (Lipinski definition) is 0. The molecule has 0 aromatic rings. The Morgan fingerprint density at radius 3 is 1.64 bits per heavy atom. The molecule has 0 spiro atoms. The Balaban J connectivity index is 0. The summed E-state index contributed by atoms with van der Waals surface area (Å²) in [4.78, 5) is 32.5. The largest absolute Gasteiger partial charge is 3.00 e. The van der Waals surface area contributed by atoms with E-state index < -0.39 is 23.0 Å². The molecule has 0 bridgehead atoms. The smallest absolute Gasteiger partial charge is 0.542 e. The maximum Gasteiger partial charge on any atom is 3.00 e. The molecule has 0 amide bonds. The van der Waals surface area contributed by atoms with Crippen molar-refractivity contribution in [3.05, 3.63) is 13.8 Å². The number of carboxylic acids is 1. The van der Waals surface area contributed by atoms with Gasteiger partial charge in [0, 0.05) is 5.41 Å². The summed E-state index contributed by atoms with van der Waals surface area (Å²) < 4.78 is 0. The van der Waals surface area contributed by atoms with Gasteiger partial charge in [-0.1, -0.05) is 0 Å². The molecule has 0 aromatic carbocycles. The predicted octanol–water partition coefficient (Wildman–Crippen LogP) is -0.673. The molecule has 0 aliphatic heterocycles. The van der Waals surface area contributed by atoms with Crippen molar-refractivity contribution in [3.8, 4) is 0 Å². The predicted molar refractivity (Wildman–Crippen MR) is 43.1 cm³/mol. The molecule has 0 rings (SSSR count). The molecule has 0 saturated heterocycles. The summed E-state index contributed by atoms with van der Waals surface area (Å²) in [6.07, 6.45) is -0.225. The Bertz CT molecular complexity index is 243. The number of carbonyl (C=O) groups is 3. The number of ketones is 2. The SMILES string of the molecule is [CH2-]CC(C[CH2-])(C(C)=O)C(=O)C(=O)[O-].[Rh+3]. The molecular formula is C9H11O4Rh. The van der Waals surface area contributed by atoms with Crippen LogP contribution in [0.1, 0.15) is 19.8 Å². The molecule has 5 heteroatoms. The molecule has 0 N–H and O–H groups in total. The van der Waals surface area contributed by atoms with Crippen molar-refractivity contribution < 1.29 is 39.0 Å². The first kappa shape index (κ1) is 15.9. The van der Waals surface area contributed by atoms with Crippen molar-refractivity contribution in [2.24, 2.45) is 5.41 Å². The van der Waals surface area contributed by atoms with Gasteiger partial charge in [0.1, 0.15) is 11.8 Å². The van der Waals surface area contributed by atoms with E-state index in [-0.39, 0.29) is 32.3 Å². The first-order chi connectivity index (χ1) is 5.92. The summed E-state index contributed by atoms with van der Waals surface area (Å²) in [6, 6.07) is 0. The minimum Gasteiger partial charge on any atom is -0.542 e. The Kier molecular flexibility index (Phi) is 6.83. The van der Waals surface area contributed by atoms with Crippen molar-refractivity contribution in [1.82, 2.24) is 0 Å². The third kappa shape index (κ3) is 2.71. The van der Waals surface area contributed by atoms with Crippen molar-refractivity contribution in [1.29, 1.82) is 0 Å². The van der Waals surface area contributed by atoms with Crippen LogP contribution >= 0.6 is 0 Å². The summed E-state index contributed by atoms with van der Waals surface area (Å²) in [5.41, 5.74) is -1.60. The first-order valence-electron chi connectivity index (χ1n) is 3.77. The molecule has 0 fully saturated rings. The summed E-state index contributed by atoms with van der Waals surface area (Å²) in [7, 11) is 0. The zero-order valence-corrected chi connectivity index (χ0v) is 9.43. The molecule has 0 aromatic heterocycles. The monoisotopic (exact) mass is 286 g/mol. The Hall–Kier alpha value is -0.567. The Labute approximate surface area is 95.8 Å². The fourth-order valence-electron chi connectivity index (χ4n) is 1.06. The van der Waals surface area contributed by atoms with Crippen LogP contribution < -0.4 is 5.11 Å². The standard InChI is InChI=1S/C9H12O4.Rh/c1-4-9(5-2,6(3)10)7(11)8(12)13;/h1-2,4-5H2,3H3,(H,12,13);/q-2;+3/p-1. The molecular weight excluding hydrogens is 275 g/mol. The third-order valence-corrected chi connectivity index (χ3v) is 2.15. The average molecular weight is 286 g/mol. The fraction of sp³-hybridized carbons (Fsp3) is 0.444. The van der Waals surface area contributed by atoms with E-state index in [1.54, 1.807) is 0 Å². The second-order valence-corrected chi connectivity index (χ2v) is 2.75. The van der Waals surface area contributed by atoms with Crippen LogP contribution in [-0.2, 0) is 33.9 Å². The zero-order valence-electron chi connectivity index (χ0n) is 7.79. The topological polar surface area (TPSA) is 74.3 Å². The van der Waals surface area contributed by atoms with Crippen LogP contribution in [0.3, 0.4) is 0 Å². The number of hydrogen-bond acceptors (Lipinski definition) is 4. The summed E-state index contributed by atoms with van der Waals surface area (Å²) >= 11 is 0. The van der Waals surface area contributed by atoms with Crippen LogP contribution in [0.25, 0.3) is 0 Å². The molecule has 0 radical (unpaired) electrons. The van der Waals surface area contributed by atoms with Gasteiger partial charge in [-0.25, -0.2) is 0 Å². The van der Waals surface area contributed by atoms with E-state index in [9.17, 15) is 19.5 Å². The van der Waals surface area contributed by atoms with E-state index in [2.05, 4.69) is 13.8 Å². The summed E-state index contributed by atoms with van der Waals surface area (Å²) in [5, 5.41) is 10.3. The number of aliphatic carboxylic acids is 1. The van der Waals surface area contributed by atoms with Crippen molar-refractivity contribution in [2.45, 2.75) is 19.8 Å². The van der Waals surface area contributed by atoms with Gasteiger partial charge < -0.3 is 23.7 Å². The molecule has 0 saturated carbocycles. The van der Waals surface area contributed by atoms with Gasteiger partial charge in [0.2, 0.25) is 0 Å². The van der Waals surface area contributed by atoms with Crippen LogP contribution in [0.5, 0.6) is 0 Å². The minimum atomic E-state index is -1.86. The zero-order chi connectivity index (χ0) is 10.6. The average Bonchev–Trinajstić information content (AvgIpc) is 2.06. The van der Waals surface area contributed by atoms with E-state index in [0.717, 1.165) is 6.92 Å². The normalized spacial score (nSPS) is 10.2. The van der Waals surface area contributed by atoms with Gasteiger partial charge in [-0.2, -0.15) is 12.8 Å². The maximum atomic E-state index is 11.1.